The number of carbonyl (C=O) groups is 3. The van der Waals surface area contributed by atoms with Crippen LogP contribution in [0.25, 0.3) is 0 Å². The summed E-state index contributed by atoms with van der Waals surface area (Å²) in [5.74, 6) is 0.347. The summed E-state index contributed by atoms with van der Waals surface area (Å²) in [6, 6.07) is 7.05. The van der Waals surface area contributed by atoms with E-state index in [1.807, 2.05) is 25.7 Å². The Morgan fingerprint density at radius 2 is 1.53 bits per heavy atom. The van der Waals surface area contributed by atoms with Gasteiger partial charge in [-0.05, 0) is 58.1 Å². The van der Waals surface area contributed by atoms with Crippen LogP contribution in [0, 0.1) is 5.92 Å². The number of unbranched alkanes of at least 4 members (excludes halogenated alkanes) is 3. The number of ether oxygens (including phenoxy) is 1. The van der Waals surface area contributed by atoms with Crippen molar-refractivity contribution in [1.82, 2.24) is 9.80 Å². The molecule has 0 spiro atoms. The van der Waals surface area contributed by atoms with E-state index in [1.54, 1.807) is 24.3 Å². The lowest BCUT2D eigenvalue weighted by Gasteiger charge is -2.33. The third kappa shape index (κ3) is 5.61. The predicted molar refractivity (Wildman–Crippen MR) is 115 cm³/mol. The molecule has 2 aliphatic heterocycles. The van der Waals surface area contributed by atoms with Gasteiger partial charge in [-0.15, -0.1) is 0 Å². The van der Waals surface area contributed by atoms with Crippen LogP contribution in [0.3, 0.4) is 0 Å². The van der Waals surface area contributed by atoms with Gasteiger partial charge in [-0.3, -0.25) is 14.5 Å². The van der Waals surface area contributed by atoms with Crippen molar-refractivity contribution in [3.63, 3.8) is 0 Å². The largest absolute Gasteiger partial charge is 0.444 e. The molecular weight excluding hydrogens is 380 g/mol. The standard InChI is InChI=1S/C24H34N2O4/c1-24(2,3)30-23(29)25-16-13-18(14-17-25)10-6-4-5-9-15-26-21(27)19-11-7-8-12-20(19)22(26)28/h7-8,11-12,18H,4-6,9-10,13-17H2,1-3H3. The van der Waals surface area contributed by atoms with Gasteiger partial charge < -0.3 is 9.64 Å². The highest BCUT2D eigenvalue weighted by molar-refractivity contribution is 6.21. The molecule has 0 aliphatic carbocycles. The molecule has 3 amide bonds. The molecule has 1 aromatic carbocycles. The van der Waals surface area contributed by atoms with E-state index in [1.165, 1.54) is 11.3 Å². The van der Waals surface area contributed by atoms with Gasteiger partial charge in [0.05, 0.1) is 11.1 Å². The molecule has 164 valence electrons. The van der Waals surface area contributed by atoms with Crippen molar-refractivity contribution in [2.75, 3.05) is 19.6 Å². The summed E-state index contributed by atoms with van der Waals surface area (Å²) in [5, 5.41) is 0. The van der Waals surface area contributed by atoms with E-state index in [0.717, 1.165) is 51.6 Å². The van der Waals surface area contributed by atoms with Crippen molar-refractivity contribution in [3.8, 4) is 0 Å². The van der Waals surface area contributed by atoms with Crippen molar-refractivity contribution in [3.05, 3.63) is 35.4 Å². The van der Waals surface area contributed by atoms with E-state index < -0.39 is 5.60 Å². The maximum atomic E-state index is 12.4. The number of amides is 3. The summed E-state index contributed by atoms with van der Waals surface area (Å²) < 4.78 is 5.45. The van der Waals surface area contributed by atoms with Crippen LogP contribution in [0.4, 0.5) is 4.79 Å². The second-order valence-electron chi connectivity index (χ2n) is 9.42. The Labute approximate surface area is 179 Å². The van der Waals surface area contributed by atoms with Crippen molar-refractivity contribution in [1.29, 1.82) is 0 Å². The van der Waals surface area contributed by atoms with Gasteiger partial charge in [0.25, 0.3) is 11.8 Å². The summed E-state index contributed by atoms with van der Waals surface area (Å²) in [5.41, 5.74) is 0.613. The molecule has 0 unspecified atom stereocenters. The van der Waals surface area contributed by atoms with Crippen LogP contribution in [0.5, 0.6) is 0 Å². The number of hydrogen-bond donors (Lipinski definition) is 0. The number of rotatable bonds is 7. The molecule has 6 nitrogen and oxygen atoms in total. The molecule has 1 fully saturated rings. The third-order valence-electron chi connectivity index (χ3n) is 5.89. The zero-order valence-electron chi connectivity index (χ0n) is 18.5. The SMILES string of the molecule is CC(C)(C)OC(=O)N1CCC(CCCCCCN2C(=O)c3ccccc3C2=O)CC1. The molecule has 3 rings (SSSR count). The van der Waals surface area contributed by atoms with Gasteiger partial charge >= 0.3 is 6.09 Å². The van der Waals surface area contributed by atoms with E-state index >= 15 is 0 Å². The zero-order valence-corrected chi connectivity index (χ0v) is 18.5. The van der Waals surface area contributed by atoms with Crippen LogP contribution in [0.1, 0.15) is 86.4 Å². The van der Waals surface area contributed by atoms with Gasteiger partial charge in [0.15, 0.2) is 0 Å². The molecule has 1 aromatic rings. The fraction of sp³-hybridized carbons (Fsp3) is 0.625. The molecule has 0 saturated carbocycles. The van der Waals surface area contributed by atoms with Crippen LogP contribution in [-0.4, -0.2) is 52.9 Å². The lowest BCUT2D eigenvalue weighted by atomic mass is 9.91. The van der Waals surface area contributed by atoms with Gasteiger partial charge in [-0.25, -0.2) is 4.79 Å². The van der Waals surface area contributed by atoms with Crippen LogP contribution in [-0.2, 0) is 4.74 Å². The molecule has 2 heterocycles. The fourth-order valence-electron chi connectivity index (χ4n) is 4.23. The quantitative estimate of drug-likeness (QED) is 0.471. The molecule has 0 N–H and O–H groups in total. The number of carbonyl (C=O) groups excluding carboxylic acids is 3. The van der Waals surface area contributed by atoms with Gasteiger partial charge in [-0.1, -0.05) is 37.8 Å². The lowest BCUT2D eigenvalue weighted by molar-refractivity contribution is 0.0180. The van der Waals surface area contributed by atoms with Gasteiger partial charge in [-0.2, -0.15) is 0 Å². The van der Waals surface area contributed by atoms with E-state index in [2.05, 4.69) is 0 Å². The average Bonchev–Trinajstić information content (AvgIpc) is 2.94. The Balaban J connectivity index is 1.28. The van der Waals surface area contributed by atoms with Gasteiger partial charge in [0, 0.05) is 19.6 Å². The molecule has 0 aromatic heterocycles. The highest BCUT2D eigenvalue weighted by Gasteiger charge is 2.34. The van der Waals surface area contributed by atoms with Crippen LogP contribution in [0.2, 0.25) is 0 Å². The molecule has 0 bridgehead atoms. The second kappa shape index (κ2) is 9.63. The van der Waals surface area contributed by atoms with Crippen molar-refractivity contribution in [2.24, 2.45) is 5.92 Å². The van der Waals surface area contributed by atoms with Gasteiger partial charge in [0.2, 0.25) is 0 Å². The number of nitrogens with zero attached hydrogens (tertiary/aromatic N) is 2. The topological polar surface area (TPSA) is 66.9 Å². The molecular formula is C24H34N2O4. The smallest absolute Gasteiger partial charge is 0.410 e. The maximum absolute atomic E-state index is 12.4. The number of fused-ring (bicyclic) bond motifs is 1. The average molecular weight is 415 g/mol. The Hall–Kier alpha value is -2.37. The summed E-state index contributed by atoms with van der Waals surface area (Å²) in [7, 11) is 0. The van der Waals surface area contributed by atoms with Crippen LogP contribution in [0.15, 0.2) is 24.3 Å². The first-order valence-corrected chi connectivity index (χ1v) is 11.2. The Kier molecular flexibility index (Phi) is 7.16. The summed E-state index contributed by atoms with van der Waals surface area (Å²) in [4.78, 5) is 40.0. The second-order valence-corrected chi connectivity index (χ2v) is 9.42. The summed E-state index contributed by atoms with van der Waals surface area (Å²) in [6.07, 6.45) is 7.17. The van der Waals surface area contributed by atoms with Crippen LogP contribution >= 0.6 is 0 Å². The maximum Gasteiger partial charge on any atom is 0.410 e. The first kappa shape index (κ1) is 22.3. The van der Waals surface area contributed by atoms with E-state index in [9.17, 15) is 14.4 Å². The van der Waals surface area contributed by atoms with Crippen molar-refractivity contribution < 1.29 is 19.1 Å². The minimum atomic E-state index is -0.443. The number of likely N-dealkylation sites (tertiary alicyclic amines) is 1. The lowest BCUT2D eigenvalue weighted by Crippen LogP contribution is -2.41. The fourth-order valence-corrected chi connectivity index (χ4v) is 4.23. The summed E-state index contributed by atoms with van der Waals surface area (Å²) in [6.45, 7) is 7.74. The highest BCUT2D eigenvalue weighted by Crippen LogP contribution is 2.25. The molecule has 0 atom stereocenters. The first-order valence-electron chi connectivity index (χ1n) is 11.2. The molecule has 1 saturated heterocycles. The Morgan fingerprint density at radius 3 is 2.10 bits per heavy atom. The highest BCUT2D eigenvalue weighted by atomic mass is 16.6. The predicted octanol–water partition coefficient (Wildman–Crippen LogP) is 4.88. The number of hydrogen-bond acceptors (Lipinski definition) is 4. The van der Waals surface area contributed by atoms with Crippen molar-refractivity contribution in [2.45, 2.75) is 71.3 Å². The van der Waals surface area contributed by atoms with Crippen molar-refractivity contribution >= 4 is 17.9 Å². The molecule has 6 heteroatoms. The number of benzene rings is 1. The summed E-state index contributed by atoms with van der Waals surface area (Å²) >= 11 is 0. The monoisotopic (exact) mass is 414 g/mol. The molecule has 30 heavy (non-hydrogen) atoms. The van der Waals surface area contributed by atoms with E-state index in [-0.39, 0.29) is 17.9 Å². The van der Waals surface area contributed by atoms with Gasteiger partial charge in [0.1, 0.15) is 5.60 Å². The zero-order chi connectivity index (χ0) is 21.7. The minimum absolute atomic E-state index is 0.160. The Morgan fingerprint density at radius 1 is 0.967 bits per heavy atom. The number of imide groups is 1. The van der Waals surface area contributed by atoms with Crippen LogP contribution < -0.4 is 0 Å². The molecule has 2 aliphatic rings. The minimum Gasteiger partial charge on any atom is -0.444 e. The Bertz CT molecular complexity index is 741. The third-order valence-corrected chi connectivity index (χ3v) is 5.89. The number of piperidine rings is 1. The van der Waals surface area contributed by atoms with E-state index in [4.69, 9.17) is 4.74 Å². The van der Waals surface area contributed by atoms with E-state index in [0.29, 0.717) is 23.6 Å². The first-order chi connectivity index (χ1) is 14.3. The normalized spacial score (nSPS) is 17.4. The molecule has 0 radical (unpaired) electrons.